The molecular formula is C17H25N3O4S. The first-order chi connectivity index (χ1) is 12.2. The molecule has 0 bridgehead atoms. The average molecular weight is 367 g/mol. The summed E-state index contributed by atoms with van der Waals surface area (Å²) in [5.74, 6) is -1.01. The van der Waals surface area contributed by atoms with E-state index >= 15 is 0 Å². The van der Waals surface area contributed by atoms with E-state index in [0.29, 0.717) is 39.5 Å². The van der Waals surface area contributed by atoms with E-state index in [1.54, 1.807) is 16.2 Å². The van der Waals surface area contributed by atoms with Crippen molar-refractivity contribution < 1.29 is 19.1 Å². The Labute approximate surface area is 151 Å². The molecule has 0 saturated carbocycles. The number of carbonyl (C=O) groups is 2. The van der Waals surface area contributed by atoms with Crippen LogP contribution in [0.15, 0.2) is 17.5 Å². The number of morpholine rings is 2. The summed E-state index contributed by atoms with van der Waals surface area (Å²) in [5.41, 5.74) is 0. The minimum Gasteiger partial charge on any atom is -0.379 e. The summed E-state index contributed by atoms with van der Waals surface area (Å²) in [5, 5.41) is 4.95. The van der Waals surface area contributed by atoms with Gasteiger partial charge in [-0.05, 0) is 18.4 Å². The Bertz CT molecular complexity index is 568. The van der Waals surface area contributed by atoms with Crippen LogP contribution in [0.1, 0.15) is 17.8 Å². The van der Waals surface area contributed by atoms with Crippen molar-refractivity contribution in [2.75, 3.05) is 52.6 Å². The Morgan fingerprint density at radius 1 is 1.12 bits per heavy atom. The smallest absolute Gasteiger partial charge is 0.312 e. The number of hydrogen-bond donors (Lipinski definition) is 1. The van der Waals surface area contributed by atoms with Crippen LogP contribution in [0.2, 0.25) is 0 Å². The monoisotopic (exact) mass is 367 g/mol. The summed E-state index contributed by atoms with van der Waals surface area (Å²) in [7, 11) is 0. The van der Waals surface area contributed by atoms with Crippen LogP contribution in [0.5, 0.6) is 0 Å². The van der Waals surface area contributed by atoms with Crippen molar-refractivity contribution in [3.63, 3.8) is 0 Å². The van der Waals surface area contributed by atoms with Crippen molar-refractivity contribution in [1.82, 2.24) is 15.1 Å². The first-order valence-electron chi connectivity index (χ1n) is 8.69. The highest BCUT2D eigenvalue weighted by molar-refractivity contribution is 7.10. The molecule has 2 aliphatic rings. The number of nitrogens with one attached hydrogen (secondary N) is 1. The largest absolute Gasteiger partial charge is 0.379 e. The molecule has 1 aromatic heterocycles. The van der Waals surface area contributed by atoms with E-state index in [1.165, 1.54) is 4.88 Å². The lowest BCUT2D eigenvalue weighted by Gasteiger charge is -2.37. The Hall–Kier alpha value is -1.48. The lowest BCUT2D eigenvalue weighted by molar-refractivity contribution is -0.149. The van der Waals surface area contributed by atoms with E-state index in [0.717, 1.165) is 13.1 Å². The molecule has 0 spiro atoms. The van der Waals surface area contributed by atoms with E-state index < -0.39 is 11.8 Å². The van der Waals surface area contributed by atoms with Gasteiger partial charge in [-0.3, -0.25) is 14.5 Å². The van der Waals surface area contributed by atoms with Gasteiger partial charge in [-0.15, -0.1) is 11.3 Å². The molecule has 138 valence electrons. The molecule has 8 heteroatoms. The van der Waals surface area contributed by atoms with Crippen molar-refractivity contribution in [3.8, 4) is 0 Å². The second-order valence-corrected chi connectivity index (χ2v) is 7.25. The maximum Gasteiger partial charge on any atom is 0.312 e. The Kier molecular flexibility index (Phi) is 6.41. The topological polar surface area (TPSA) is 71.1 Å². The average Bonchev–Trinajstić information content (AvgIpc) is 3.17. The third-order valence-electron chi connectivity index (χ3n) is 4.60. The fraction of sp³-hybridized carbons (Fsp3) is 0.647. The summed E-state index contributed by atoms with van der Waals surface area (Å²) in [6, 6.07) is 3.97. The summed E-state index contributed by atoms with van der Waals surface area (Å²) in [6.07, 6.45) is 0. The van der Waals surface area contributed by atoms with E-state index in [9.17, 15) is 9.59 Å². The zero-order valence-electron chi connectivity index (χ0n) is 14.5. The quantitative estimate of drug-likeness (QED) is 0.784. The van der Waals surface area contributed by atoms with Crippen LogP contribution in [-0.4, -0.2) is 80.3 Å². The third-order valence-corrected chi connectivity index (χ3v) is 5.54. The molecule has 25 heavy (non-hydrogen) atoms. The van der Waals surface area contributed by atoms with Crippen LogP contribution in [0.25, 0.3) is 0 Å². The van der Waals surface area contributed by atoms with E-state index in [2.05, 4.69) is 16.3 Å². The van der Waals surface area contributed by atoms with Crippen molar-refractivity contribution in [1.29, 1.82) is 0 Å². The number of hydrogen-bond acceptors (Lipinski definition) is 6. The third kappa shape index (κ3) is 4.58. The van der Waals surface area contributed by atoms with Gasteiger partial charge in [0.2, 0.25) is 0 Å². The van der Waals surface area contributed by atoms with Gasteiger partial charge in [-0.1, -0.05) is 6.07 Å². The molecule has 3 rings (SSSR count). The highest BCUT2D eigenvalue weighted by Gasteiger charge is 2.32. The second-order valence-electron chi connectivity index (χ2n) is 6.28. The number of rotatable bonds is 4. The maximum absolute atomic E-state index is 12.4. The molecule has 3 heterocycles. The molecule has 0 unspecified atom stereocenters. The van der Waals surface area contributed by atoms with Gasteiger partial charge >= 0.3 is 11.8 Å². The van der Waals surface area contributed by atoms with Crippen LogP contribution in [-0.2, 0) is 19.1 Å². The van der Waals surface area contributed by atoms with Crippen LogP contribution in [0.4, 0.5) is 0 Å². The highest BCUT2D eigenvalue weighted by atomic mass is 32.1. The lowest BCUT2D eigenvalue weighted by Crippen LogP contribution is -2.53. The molecule has 0 aliphatic carbocycles. The molecule has 0 radical (unpaired) electrons. The first-order valence-corrected chi connectivity index (χ1v) is 9.57. The zero-order valence-corrected chi connectivity index (χ0v) is 15.3. The van der Waals surface area contributed by atoms with Gasteiger partial charge in [0.1, 0.15) is 0 Å². The predicted molar refractivity (Wildman–Crippen MR) is 94.5 cm³/mol. The number of nitrogens with zero attached hydrogens (tertiary/aromatic N) is 2. The molecule has 2 saturated heterocycles. The number of carbonyl (C=O) groups excluding carboxylic acids is 2. The van der Waals surface area contributed by atoms with Crippen LogP contribution in [0, 0.1) is 0 Å². The van der Waals surface area contributed by atoms with Gasteiger partial charge in [0.25, 0.3) is 0 Å². The number of ether oxygens (including phenoxy) is 2. The van der Waals surface area contributed by atoms with Gasteiger partial charge in [0, 0.05) is 37.1 Å². The lowest BCUT2D eigenvalue weighted by atomic mass is 10.1. The minimum atomic E-state index is -0.538. The second kappa shape index (κ2) is 8.75. The van der Waals surface area contributed by atoms with Gasteiger partial charge in [0.05, 0.1) is 32.5 Å². The molecule has 2 amide bonds. The van der Waals surface area contributed by atoms with E-state index in [-0.39, 0.29) is 12.1 Å². The molecular weight excluding hydrogens is 342 g/mol. The summed E-state index contributed by atoms with van der Waals surface area (Å²) in [6.45, 7) is 6.90. The molecule has 2 atom stereocenters. The first kappa shape index (κ1) is 18.3. The number of thiophene rings is 1. The fourth-order valence-corrected chi connectivity index (χ4v) is 4.28. The van der Waals surface area contributed by atoms with Crippen LogP contribution >= 0.6 is 11.3 Å². The zero-order chi connectivity index (χ0) is 17.6. The SMILES string of the molecule is C[C@H](NC(=O)C(=O)N1CCOCC1)[C@H](c1cccs1)N1CCOCC1. The van der Waals surface area contributed by atoms with Crippen molar-refractivity contribution >= 4 is 23.2 Å². The summed E-state index contributed by atoms with van der Waals surface area (Å²) >= 11 is 1.67. The maximum atomic E-state index is 12.4. The van der Waals surface area contributed by atoms with Crippen molar-refractivity contribution in [2.45, 2.75) is 19.0 Å². The summed E-state index contributed by atoms with van der Waals surface area (Å²) in [4.78, 5) is 29.8. The van der Waals surface area contributed by atoms with E-state index in [1.807, 2.05) is 18.4 Å². The van der Waals surface area contributed by atoms with Gasteiger partial charge in [0.15, 0.2) is 0 Å². The predicted octanol–water partition coefficient (Wildman–Crippen LogP) is 0.485. The standard InChI is InChI=1S/C17H25N3O4S/c1-13(18-16(21)17(22)20-6-10-24-11-7-20)15(14-3-2-12-25-14)19-4-8-23-9-5-19/h2-3,12-13,15H,4-11H2,1H3,(H,18,21)/t13-,15+/m0/s1. The van der Waals surface area contributed by atoms with Gasteiger partial charge in [-0.25, -0.2) is 0 Å². The minimum absolute atomic E-state index is 0.0466. The Balaban J connectivity index is 1.66. The van der Waals surface area contributed by atoms with Gasteiger partial charge in [-0.2, -0.15) is 0 Å². The van der Waals surface area contributed by atoms with Gasteiger partial charge < -0.3 is 19.7 Å². The molecule has 2 aliphatic heterocycles. The summed E-state index contributed by atoms with van der Waals surface area (Å²) < 4.78 is 10.7. The normalized spacial score (nSPS) is 21.6. The van der Waals surface area contributed by atoms with Crippen molar-refractivity contribution in [2.24, 2.45) is 0 Å². The molecule has 2 fully saturated rings. The van der Waals surface area contributed by atoms with E-state index in [4.69, 9.17) is 9.47 Å². The Morgan fingerprint density at radius 3 is 2.36 bits per heavy atom. The molecule has 0 aromatic carbocycles. The van der Waals surface area contributed by atoms with Crippen molar-refractivity contribution in [3.05, 3.63) is 22.4 Å². The molecule has 1 N–H and O–H groups in total. The highest BCUT2D eigenvalue weighted by Crippen LogP contribution is 2.29. The van der Waals surface area contributed by atoms with Crippen LogP contribution < -0.4 is 5.32 Å². The molecule has 7 nitrogen and oxygen atoms in total. The number of amides is 2. The fourth-order valence-electron chi connectivity index (χ4n) is 3.32. The molecule has 1 aromatic rings. The van der Waals surface area contributed by atoms with Crippen LogP contribution in [0.3, 0.4) is 0 Å². The Morgan fingerprint density at radius 2 is 1.76 bits per heavy atom.